The summed E-state index contributed by atoms with van der Waals surface area (Å²) >= 11 is 0. The Balaban J connectivity index is 1.47. The Kier molecular flexibility index (Phi) is 5.46. The van der Waals surface area contributed by atoms with Crippen LogP contribution in [0.15, 0.2) is 54.9 Å². The van der Waals surface area contributed by atoms with E-state index in [0.717, 1.165) is 24.1 Å². The molecule has 0 spiro atoms. The standard InChI is InChI=1S/C22H22FN5O/c1-15-4-9-20(25-13-15)27-22-24-11-10-19(26-22)17-3-2-12-28(14-17)21(29)16-5-7-18(23)8-6-16/h4-11,13,17H,2-3,12,14H2,1H3,(H,24,25,26,27)/t17-/m1/s1. The van der Waals surface area contributed by atoms with Gasteiger partial charge in [0.2, 0.25) is 5.95 Å². The molecule has 0 aliphatic carbocycles. The molecule has 6 nitrogen and oxygen atoms in total. The lowest BCUT2D eigenvalue weighted by atomic mass is 9.94. The Bertz CT molecular complexity index is 991. The number of hydrogen-bond donors (Lipinski definition) is 1. The van der Waals surface area contributed by atoms with E-state index in [9.17, 15) is 9.18 Å². The zero-order chi connectivity index (χ0) is 20.2. The zero-order valence-corrected chi connectivity index (χ0v) is 16.2. The maximum atomic E-state index is 13.1. The van der Waals surface area contributed by atoms with Crippen LogP contribution in [0.4, 0.5) is 16.2 Å². The van der Waals surface area contributed by atoms with Crippen molar-refractivity contribution in [3.63, 3.8) is 0 Å². The van der Waals surface area contributed by atoms with Crippen molar-refractivity contribution >= 4 is 17.7 Å². The first-order valence-corrected chi connectivity index (χ1v) is 9.66. The molecule has 1 amide bonds. The molecule has 7 heteroatoms. The van der Waals surface area contributed by atoms with Gasteiger partial charge in [-0.3, -0.25) is 4.79 Å². The number of carbonyl (C=O) groups excluding carboxylic acids is 1. The third-order valence-electron chi connectivity index (χ3n) is 5.05. The van der Waals surface area contributed by atoms with E-state index in [-0.39, 0.29) is 17.6 Å². The third kappa shape index (κ3) is 4.56. The molecule has 2 aromatic heterocycles. The molecular formula is C22H22FN5O. The monoisotopic (exact) mass is 391 g/mol. The topological polar surface area (TPSA) is 71.0 Å². The van der Waals surface area contributed by atoms with E-state index in [4.69, 9.17) is 0 Å². The van der Waals surface area contributed by atoms with Gasteiger partial charge in [0, 0.05) is 37.0 Å². The molecule has 4 rings (SSSR count). The maximum Gasteiger partial charge on any atom is 0.253 e. The summed E-state index contributed by atoms with van der Waals surface area (Å²) in [6, 6.07) is 11.4. The van der Waals surface area contributed by atoms with Gasteiger partial charge in [-0.15, -0.1) is 0 Å². The number of aryl methyl sites for hydroxylation is 1. The predicted molar refractivity (Wildman–Crippen MR) is 109 cm³/mol. The Hall–Kier alpha value is -3.35. The van der Waals surface area contributed by atoms with Gasteiger partial charge in [0.1, 0.15) is 11.6 Å². The molecule has 1 atom stereocenters. The Morgan fingerprint density at radius 3 is 2.72 bits per heavy atom. The lowest BCUT2D eigenvalue weighted by Gasteiger charge is -2.32. The number of amides is 1. The van der Waals surface area contributed by atoms with Crippen LogP contribution in [0.5, 0.6) is 0 Å². The minimum absolute atomic E-state index is 0.0778. The molecule has 0 unspecified atom stereocenters. The number of rotatable bonds is 4. The summed E-state index contributed by atoms with van der Waals surface area (Å²) in [7, 11) is 0. The fraction of sp³-hybridized carbons (Fsp3) is 0.273. The minimum atomic E-state index is -0.345. The van der Waals surface area contributed by atoms with Crippen molar-refractivity contribution in [2.75, 3.05) is 18.4 Å². The summed E-state index contributed by atoms with van der Waals surface area (Å²) in [4.78, 5) is 27.8. The van der Waals surface area contributed by atoms with E-state index in [2.05, 4.69) is 20.3 Å². The lowest BCUT2D eigenvalue weighted by molar-refractivity contribution is 0.0706. The molecule has 3 aromatic rings. The van der Waals surface area contributed by atoms with Gasteiger partial charge in [-0.1, -0.05) is 6.07 Å². The van der Waals surface area contributed by atoms with Crippen LogP contribution in [-0.2, 0) is 0 Å². The molecule has 0 saturated carbocycles. The average Bonchev–Trinajstić information content (AvgIpc) is 2.76. The first-order valence-electron chi connectivity index (χ1n) is 9.66. The minimum Gasteiger partial charge on any atom is -0.338 e. The van der Waals surface area contributed by atoms with Crippen molar-refractivity contribution in [1.82, 2.24) is 19.9 Å². The number of anilines is 2. The van der Waals surface area contributed by atoms with Crippen LogP contribution in [0.25, 0.3) is 0 Å². The predicted octanol–water partition coefficient (Wildman–Crippen LogP) is 4.08. The highest BCUT2D eigenvalue weighted by atomic mass is 19.1. The normalized spacial score (nSPS) is 16.5. The average molecular weight is 391 g/mol. The third-order valence-corrected chi connectivity index (χ3v) is 5.05. The van der Waals surface area contributed by atoms with Gasteiger partial charge in [-0.05, 0) is 61.7 Å². The van der Waals surface area contributed by atoms with Gasteiger partial charge >= 0.3 is 0 Å². The number of halogens is 1. The second-order valence-electron chi connectivity index (χ2n) is 7.25. The summed E-state index contributed by atoms with van der Waals surface area (Å²) < 4.78 is 13.1. The molecule has 1 aromatic carbocycles. The van der Waals surface area contributed by atoms with E-state index in [0.29, 0.717) is 30.4 Å². The van der Waals surface area contributed by atoms with E-state index in [1.165, 1.54) is 24.3 Å². The van der Waals surface area contributed by atoms with Crippen molar-refractivity contribution in [3.05, 3.63) is 77.5 Å². The summed E-state index contributed by atoms with van der Waals surface area (Å²) in [5.41, 5.74) is 2.48. The molecule has 1 aliphatic heterocycles. The Morgan fingerprint density at radius 1 is 1.14 bits per heavy atom. The molecular weight excluding hydrogens is 369 g/mol. The van der Waals surface area contributed by atoms with Gasteiger partial charge in [0.05, 0.1) is 5.69 Å². The smallest absolute Gasteiger partial charge is 0.253 e. The highest BCUT2D eigenvalue weighted by Gasteiger charge is 2.26. The fourth-order valence-corrected chi connectivity index (χ4v) is 3.49. The van der Waals surface area contributed by atoms with Crippen LogP contribution in [0.3, 0.4) is 0 Å². The van der Waals surface area contributed by atoms with Crippen molar-refractivity contribution in [3.8, 4) is 0 Å². The lowest BCUT2D eigenvalue weighted by Crippen LogP contribution is -2.39. The Labute approximate surface area is 168 Å². The van der Waals surface area contributed by atoms with Gasteiger partial charge < -0.3 is 10.2 Å². The second-order valence-corrected chi connectivity index (χ2v) is 7.25. The van der Waals surface area contributed by atoms with E-state index >= 15 is 0 Å². The molecule has 0 bridgehead atoms. The number of nitrogens with zero attached hydrogens (tertiary/aromatic N) is 4. The van der Waals surface area contributed by atoms with Crippen LogP contribution in [0.2, 0.25) is 0 Å². The zero-order valence-electron chi connectivity index (χ0n) is 16.2. The van der Waals surface area contributed by atoms with Gasteiger partial charge in [0.25, 0.3) is 5.91 Å². The van der Waals surface area contributed by atoms with Gasteiger partial charge in [-0.25, -0.2) is 19.3 Å². The van der Waals surface area contributed by atoms with Crippen LogP contribution in [0.1, 0.15) is 40.4 Å². The summed E-state index contributed by atoms with van der Waals surface area (Å²) in [6.45, 7) is 3.25. The molecule has 148 valence electrons. The highest BCUT2D eigenvalue weighted by molar-refractivity contribution is 5.94. The summed E-state index contributed by atoms with van der Waals surface area (Å²) in [5, 5.41) is 3.13. The van der Waals surface area contributed by atoms with Crippen molar-refractivity contribution < 1.29 is 9.18 Å². The van der Waals surface area contributed by atoms with Crippen LogP contribution >= 0.6 is 0 Å². The number of carbonyl (C=O) groups is 1. The number of nitrogens with one attached hydrogen (secondary N) is 1. The van der Waals surface area contributed by atoms with Gasteiger partial charge in [-0.2, -0.15) is 0 Å². The molecule has 1 saturated heterocycles. The Morgan fingerprint density at radius 2 is 1.97 bits per heavy atom. The van der Waals surface area contributed by atoms with Crippen LogP contribution in [0, 0.1) is 12.7 Å². The number of aromatic nitrogens is 3. The first-order chi connectivity index (χ1) is 14.1. The van der Waals surface area contributed by atoms with E-state index < -0.39 is 0 Å². The first kappa shape index (κ1) is 19.0. The number of benzene rings is 1. The summed E-state index contributed by atoms with van der Waals surface area (Å²) in [5.74, 6) is 0.876. The number of pyridine rings is 1. The fourth-order valence-electron chi connectivity index (χ4n) is 3.49. The number of hydrogen-bond acceptors (Lipinski definition) is 5. The van der Waals surface area contributed by atoms with E-state index in [1.54, 1.807) is 12.4 Å². The quantitative estimate of drug-likeness (QED) is 0.726. The van der Waals surface area contributed by atoms with Crippen molar-refractivity contribution in [2.45, 2.75) is 25.7 Å². The van der Waals surface area contributed by atoms with E-state index in [1.807, 2.05) is 30.0 Å². The maximum absolute atomic E-state index is 13.1. The molecule has 1 N–H and O–H groups in total. The number of piperidine rings is 1. The highest BCUT2D eigenvalue weighted by Crippen LogP contribution is 2.27. The molecule has 0 radical (unpaired) electrons. The van der Waals surface area contributed by atoms with Crippen LogP contribution < -0.4 is 5.32 Å². The van der Waals surface area contributed by atoms with Gasteiger partial charge in [0.15, 0.2) is 0 Å². The SMILES string of the molecule is Cc1ccc(Nc2nccc([C@@H]3CCCN(C(=O)c4ccc(F)cc4)C3)n2)nc1. The molecule has 1 fully saturated rings. The largest absolute Gasteiger partial charge is 0.338 e. The van der Waals surface area contributed by atoms with Crippen molar-refractivity contribution in [1.29, 1.82) is 0 Å². The molecule has 29 heavy (non-hydrogen) atoms. The van der Waals surface area contributed by atoms with Crippen molar-refractivity contribution in [2.24, 2.45) is 0 Å². The molecule has 3 heterocycles. The number of likely N-dealkylation sites (tertiary alicyclic amines) is 1. The summed E-state index contributed by atoms with van der Waals surface area (Å²) in [6.07, 6.45) is 5.35. The van der Waals surface area contributed by atoms with Crippen LogP contribution in [-0.4, -0.2) is 38.8 Å². The molecule has 1 aliphatic rings. The second kappa shape index (κ2) is 8.34.